The van der Waals surface area contributed by atoms with Gasteiger partial charge in [-0.1, -0.05) is 48.0 Å². The van der Waals surface area contributed by atoms with E-state index in [4.69, 9.17) is 17.0 Å². The lowest BCUT2D eigenvalue weighted by atomic mass is 10.1. The normalized spacial score (nSPS) is 10.5. The Morgan fingerprint density at radius 3 is 2.31 bits per heavy atom. The summed E-state index contributed by atoms with van der Waals surface area (Å²) in [5.41, 5.74) is 3.16. The molecular formula is C25H26BrN3O2S. The minimum absolute atomic E-state index is 0.215. The number of nitrogens with one attached hydrogen (secondary N) is 3. The molecule has 0 heterocycles. The van der Waals surface area contributed by atoms with Gasteiger partial charge in [0.15, 0.2) is 5.11 Å². The van der Waals surface area contributed by atoms with Crippen molar-refractivity contribution in [3.05, 3.63) is 82.8 Å². The van der Waals surface area contributed by atoms with Gasteiger partial charge in [-0.25, -0.2) is 0 Å². The van der Waals surface area contributed by atoms with Crippen molar-refractivity contribution in [1.82, 2.24) is 5.32 Å². The minimum Gasteiger partial charge on any atom is -0.493 e. The van der Waals surface area contributed by atoms with E-state index in [1.165, 1.54) is 0 Å². The molecule has 3 aromatic carbocycles. The number of amides is 1. The summed E-state index contributed by atoms with van der Waals surface area (Å²) in [5, 5.41) is 9.32. The van der Waals surface area contributed by atoms with Crippen LogP contribution in [-0.2, 0) is 0 Å². The quantitative estimate of drug-likeness (QED) is 0.292. The van der Waals surface area contributed by atoms with Crippen molar-refractivity contribution in [2.24, 2.45) is 5.92 Å². The van der Waals surface area contributed by atoms with Crippen LogP contribution in [0.15, 0.2) is 77.3 Å². The highest BCUT2D eigenvalue weighted by Gasteiger charge is 2.15. The van der Waals surface area contributed by atoms with Crippen molar-refractivity contribution >= 4 is 56.2 Å². The fourth-order valence-corrected chi connectivity index (χ4v) is 3.44. The summed E-state index contributed by atoms with van der Waals surface area (Å²) >= 11 is 8.75. The standard InChI is InChI=1S/C25H26BrN3O2S/c1-17(2)14-15-31-23-13-8-18(26)16-22(23)24(30)29-25(32)28-21-11-9-20(10-12-21)27-19-6-4-3-5-7-19/h3-13,16-17,27H,14-15H2,1-2H3,(H2,28,29,30,32). The fraction of sp³-hybridized carbons (Fsp3) is 0.200. The summed E-state index contributed by atoms with van der Waals surface area (Å²) < 4.78 is 6.62. The van der Waals surface area contributed by atoms with Gasteiger partial charge in [0, 0.05) is 21.5 Å². The van der Waals surface area contributed by atoms with Gasteiger partial charge in [0.1, 0.15) is 5.75 Å². The molecule has 0 aliphatic heterocycles. The maximum Gasteiger partial charge on any atom is 0.261 e. The first kappa shape index (κ1) is 23.8. The number of para-hydroxylation sites is 1. The monoisotopic (exact) mass is 511 g/mol. The number of thiocarbonyl (C=S) groups is 1. The van der Waals surface area contributed by atoms with E-state index in [1.807, 2.05) is 60.7 Å². The number of carbonyl (C=O) groups excluding carboxylic acids is 1. The number of hydrogen-bond donors (Lipinski definition) is 3. The maximum absolute atomic E-state index is 12.8. The van der Waals surface area contributed by atoms with Gasteiger partial charge >= 0.3 is 0 Å². The van der Waals surface area contributed by atoms with Gasteiger partial charge in [0.25, 0.3) is 5.91 Å². The number of rotatable bonds is 8. The number of halogens is 1. The van der Waals surface area contributed by atoms with E-state index in [2.05, 4.69) is 45.7 Å². The Labute approximate surface area is 202 Å². The molecule has 0 bridgehead atoms. The summed E-state index contributed by atoms with van der Waals surface area (Å²) in [6.45, 7) is 4.81. The summed E-state index contributed by atoms with van der Waals surface area (Å²) in [6, 6.07) is 23.0. The van der Waals surface area contributed by atoms with Gasteiger partial charge in [-0.2, -0.15) is 0 Å². The number of benzene rings is 3. The molecule has 0 saturated carbocycles. The molecule has 5 nitrogen and oxygen atoms in total. The van der Waals surface area contributed by atoms with Gasteiger partial charge < -0.3 is 15.4 Å². The Morgan fingerprint density at radius 1 is 0.969 bits per heavy atom. The predicted octanol–water partition coefficient (Wildman–Crippen LogP) is 6.74. The topological polar surface area (TPSA) is 62.4 Å². The summed E-state index contributed by atoms with van der Waals surface area (Å²) in [4.78, 5) is 12.8. The van der Waals surface area contributed by atoms with Crippen molar-refractivity contribution in [2.45, 2.75) is 20.3 Å². The largest absolute Gasteiger partial charge is 0.493 e. The second kappa shape index (κ2) is 11.6. The Kier molecular flexibility index (Phi) is 8.64. The summed E-state index contributed by atoms with van der Waals surface area (Å²) in [5.74, 6) is 0.727. The first-order chi connectivity index (χ1) is 15.4. The Balaban J connectivity index is 1.59. The van der Waals surface area contributed by atoms with Gasteiger partial charge in [0.05, 0.1) is 12.2 Å². The molecule has 3 rings (SSSR count). The smallest absolute Gasteiger partial charge is 0.261 e. The van der Waals surface area contributed by atoms with E-state index in [-0.39, 0.29) is 11.0 Å². The highest BCUT2D eigenvalue weighted by Crippen LogP contribution is 2.24. The molecular weight excluding hydrogens is 486 g/mol. The zero-order valence-corrected chi connectivity index (χ0v) is 20.4. The van der Waals surface area contributed by atoms with Crippen molar-refractivity contribution in [3.8, 4) is 5.75 Å². The number of ether oxygens (including phenoxy) is 1. The maximum atomic E-state index is 12.8. The fourth-order valence-electron chi connectivity index (χ4n) is 2.87. The van der Waals surface area contributed by atoms with Crippen molar-refractivity contribution in [2.75, 3.05) is 17.2 Å². The van der Waals surface area contributed by atoms with Crippen LogP contribution in [0.3, 0.4) is 0 Å². The predicted molar refractivity (Wildman–Crippen MR) is 139 cm³/mol. The third kappa shape index (κ3) is 7.35. The van der Waals surface area contributed by atoms with Crippen LogP contribution in [0.4, 0.5) is 17.1 Å². The van der Waals surface area contributed by atoms with Crippen LogP contribution >= 0.6 is 28.1 Å². The lowest BCUT2D eigenvalue weighted by molar-refractivity contribution is 0.0973. The molecule has 1 amide bonds. The van der Waals surface area contributed by atoms with Crippen LogP contribution in [0.25, 0.3) is 0 Å². The zero-order chi connectivity index (χ0) is 22.9. The molecule has 166 valence electrons. The van der Waals surface area contributed by atoms with Gasteiger partial charge in [-0.15, -0.1) is 0 Å². The second-order valence-electron chi connectivity index (χ2n) is 7.65. The molecule has 0 spiro atoms. The minimum atomic E-state index is -0.328. The van der Waals surface area contributed by atoms with Gasteiger partial charge in [0.2, 0.25) is 0 Å². The molecule has 0 aromatic heterocycles. The van der Waals surface area contributed by atoms with Crippen molar-refractivity contribution < 1.29 is 9.53 Å². The van der Waals surface area contributed by atoms with Crippen molar-refractivity contribution in [1.29, 1.82) is 0 Å². The van der Waals surface area contributed by atoms with Crippen LogP contribution in [0.5, 0.6) is 5.75 Å². The average molecular weight is 512 g/mol. The molecule has 7 heteroatoms. The van der Waals surface area contributed by atoms with Crippen LogP contribution < -0.4 is 20.7 Å². The van der Waals surface area contributed by atoms with Gasteiger partial charge in [-0.3, -0.25) is 10.1 Å². The van der Waals surface area contributed by atoms with Gasteiger partial charge in [-0.05, 0) is 79.2 Å². The molecule has 32 heavy (non-hydrogen) atoms. The summed E-state index contributed by atoms with van der Waals surface area (Å²) in [6.07, 6.45) is 0.909. The van der Waals surface area contributed by atoms with E-state index >= 15 is 0 Å². The van der Waals surface area contributed by atoms with E-state index in [0.29, 0.717) is 23.8 Å². The van der Waals surface area contributed by atoms with E-state index < -0.39 is 0 Å². The first-order valence-electron chi connectivity index (χ1n) is 10.4. The Bertz CT molecular complexity index is 1060. The van der Waals surface area contributed by atoms with Crippen molar-refractivity contribution in [3.63, 3.8) is 0 Å². The highest BCUT2D eigenvalue weighted by molar-refractivity contribution is 9.10. The first-order valence-corrected chi connectivity index (χ1v) is 11.6. The Hall–Kier alpha value is -2.90. The molecule has 0 saturated heterocycles. The lowest BCUT2D eigenvalue weighted by Gasteiger charge is -2.14. The van der Waals surface area contributed by atoms with E-state index in [1.54, 1.807) is 12.1 Å². The van der Waals surface area contributed by atoms with Crippen LogP contribution in [0, 0.1) is 5.92 Å². The molecule has 0 atom stereocenters. The number of carbonyl (C=O) groups is 1. The molecule has 0 aliphatic rings. The molecule has 0 fully saturated rings. The average Bonchev–Trinajstić information content (AvgIpc) is 2.76. The zero-order valence-electron chi connectivity index (χ0n) is 18.0. The third-order valence-corrected chi connectivity index (χ3v) is 5.27. The number of hydrogen-bond acceptors (Lipinski definition) is 4. The molecule has 0 aliphatic carbocycles. The lowest BCUT2D eigenvalue weighted by Crippen LogP contribution is -2.34. The van der Waals surface area contributed by atoms with E-state index in [0.717, 1.165) is 28.0 Å². The summed E-state index contributed by atoms with van der Waals surface area (Å²) in [7, 11) is 0. The van der Waals surface area contributed by atoms with Crippen LogP contribution in [-0.4, -0.2) is 17.6 Å². The van der Waals surface area contributed by atoms with Crippen LogP contribution in [0.1, 0.15) is 30.6 Å². The molecule has 0 unspecified atom stereocenters. The van der Waals surface area contributed by atoms with Crippen LogP contribution in [0.2, 0.25) is 0 Å². The molecule has 3 N–H and O–H groups in total. The molecule has 0 radical (unpaired) electrons. The molecule has 3 aromatic rings. The Morgan fingerprint density at radius 2 is 1.62 bits per heavy atom. The van der Waals surface area contributed by atoms with E-state index in [9.17, 15) is 4.79 Å². The third-order valence-electron chi connectivity index (χ3n) is 4.57. The number of anilines is 3. The SMILES string of the molecule is CC(C)CCOc1ccc(Br)cc1C(=O)NC(=S)Nc1ccc(Nc2ccccc2)cc1. The second-order valence-corrected chi connectivity index (χ2v) is 8.97. The highest BCUT2D eigenvalue weighted by atomic mass is 79.9.